The van der Waals surface area contributed by atoms with Crippen LogP contribution in [-0.4, -0.2) is 38.8 Å². The summed E-state index contributed by atoms with van der Waals surface area (Å²) in [6.45, 7) is 0. The molecule has 0 N–H and O–H groups in total. The van der Waals surface area contributed by atoms with Gasteiger partial charge in [0.1, 0.15) is 5.75 Å². The molecule has 0 unspecified atom stereocenters. The van der Waals surface area contributed by atoms with Crippen molar-refractivity contribution < 1.29 is 18.9 Å². The Balaban J connectivity index is 1.88. The minimum atomic E-state index is 0.564. The molecule has 4 rings (SSSR count). The Morgan fingerprint density at radius 2 is 1.44 bits per heavy atom. The smallest absolute Gasteiger partial charge is 0.211 e. The van der Waals surface area contributed by atoms with E-state index in [0.717, 1.165) is 40.3 Å². The number of hydrogen-bond donors (Lipinski definition) is 0. The summed E-state index contributed by atoms with van der Waals surface area (Å²) in [7, 11) is 6.51. The maximum Gasteiger partial charge on any atom is 0.211 e. The Bertz CT molecular complexity index is 1180. The predicted octanol–water partition coefficient (Wildman–Crippen LogP) is 6.04. The maximum absolute atomic E-state index is 5.59. The van der Waals surface area contributed by atoms with E-state index in [-0.39, 0.29) is 0 Å². The van der Waals surface area contributed by atoms with E-state index in [0.29, 0.717) is 17.2 Å². The van der Waals surface area contributed by atoms with Gasteiger partial charge in [-0.2, -0.15) is 5.10 Å². The van der Waals surface area contributed by atoms with E-state index in [4.69, 9.17) is 29.0 Å². The van der Waals surface area contributed by atoms with Gasteiger partial charge in [0, 0.05) is 16.7 Å². The van der Waals surface area contributed by atoms with Crippen LogP contribution in [0.1, 0.15) is 38.5 Å². The van der Waals surface area contributed by atoms with Crippen molar-refractivity contribution in [3.63, 3.8) is 0 Å². The van der Waals surface area contributed by atoms with Crippen LogP contribution in [0.3, 0.4) is 0 Å². The second-order valence-corrected chi connectivity index (χ2v) is 8.86. The molecule has 0 aliphatic heterocycles. The Morgan fingerprint density at radius 1 is 0.794 bits per heavy atom. The van der Waals surface area contributed by atoms with Crippen LogP contribution in [0.2, 0.25) is 0 Å². The molecule has 0 radical (unpaired) electrons. The molecule has 0 atom stereocenters. The average molecular weight is 482 g/mol. The molecule has 1 aromatic heterocycles. The second-order valence-electron chi connectivity index (χ2n) is 8.02. The summed E-state index contributed by atoms with van der Waals surface area (Å²) in [6.07, 6.45) is 6.90. The summed E-state index contributed by atoms with van der Waals surface area (Å²) >= 11 is 1.55. The molecule has 0 amide bonds. The van der Waals surface area contributed by atoms with Crippen LogP contribution in [0.15, 0.2) is 51.9 Å². The molecule has 180 valence electrons. The lowest BCUT2D eigenvalue weighted by atomic mass is 10.1. The van der Waals surface area contributed by atoms with Gasteiger partial charge in [0.2, 0.25) is 10.6 Å². The van der Waals surface area contributed by atoms with Crippen LogP contribution >= 0.6 is 11.3 Å². The van der Waals surface area contributed by atoms with Gasteiger partial charge in [-0.15, -0.1) is 11.3 Å². The van der Waals surface area contributed by atoms with Crippen molar-refractivity contribution in [1.82, 2.24) is 4.68 Å². The summed E-state index contributed by atoms with van der Waals surface area (Å²) in [6, 6.07) is 11.6. The minimum Gasteiger partial charge on any atom is -0.497 e. The normalized spacial score (nSPS) is 14.5. The van der Waals surface area contributed by atoms with Crippen LogP contribution in [0.4, 0.5) is 5.69 Å². The number of aromatic nitrogens is 1. The molecular formula is C26H31N3O4S. The number of methoxy groups -OCH3 is 4. The molecule has 1 saturated carbocycles. The lowest BCUT2D eigenvalue weighted by molar-refractivity contribution is 0.324. The van der Waals surface area contributed by atoms with Gasteiger partial charge >= 0.3 is 0 Å². The van der Waals surface area contributed by atoms with E-state index >= 15 is 0 Å². The van der Waals surface area contributed by atoms with E-state index in [1.54, 1.807) is 39.8 Å². The van der Waals surface area contributed by atoms with Crippen molar-refractivity contribution in [2.45, 2.75) is 38.5 Å². The summed E-state index contributed by atoms with van der Waals surface area (Å²) < 4.78 is 23.9. The molecule has 3 aromatic rings. The standard InChI is InChI=1S/C26H31N3O4S/c1-30-21-13-11-19(12-14-21)27-26-29(28-20-9-7-5-6-8-10-20)22(17-34-26)18-15-23(31-2)25(33-4)24(16-18)32-3/h11-17H,5-10H2,1-4H3. The van der Waals surface area contributed by atoms with Crippen molar-refractivity contribution in [3.05, 3.63) is 46.6 Å². The Hall–Kier alpha value is -3.26. The SMILES string of the molecule is COc1ccc(N=c2scc(-c3cc(OC)c(OC)c(OC)c3)n2N=C2CCCCCC2)cc1. The fourth-order valence-electron chi connectivity index (χ4n) is 4.05. The Morgan fingerprint density at radius 3 is 2.00 bits per heavy atom. The number of ether oxygens (including phenoxy) is 4. The highest BCUT2D eigenvalue weighted by molar-refractivity contribution is 7.07. The van der Waals surface area contributed by atoms with Crippen molar-refractivity contribution in [3.8, 4) is 34.3 Å². The molecule has 0 spiro atoms. The number of hydrogen-bond acceptors (Lipinski definition) is 7. The first-order chi connectivity index (χ1) is 16.7. The molecule has 0 saturated heterocycles. The van der Waals surface area contributed by atoms with Gasteiger partial charge in [-0.1, -0.05) is 12.8 Å². The molecule has 7 nitrogen and oxygen atoms in total. The molecule has 1 fully saturated rings. The molecule has 1 heterocycles. The maximum atomic E-state index is 5.59. The summed E-state index contributed by atoms with van der Waals surface area (Å²) in [5, 5.41) is 7.18. The highest BCUT2D eigenvalue weighted by Gasteiger charge is 2.18. The molecule has 0 bridgehead atoms. The Labute approximate surface area is 204 Å². The van der Waals surface area contributed by atoms with Crippen molar-refractivity contribution in [2.24, 2.45) is 10.1 Å². The topological polar surface area (TPSA) is 66.6 Å². The molecule has 34 heavy (non-hydrogen) atoms. The largest absolute Gasteiger partial charge is 0.497 e. The van der Waals surface area contributed by atoms with Gasteiger partial charge < -0.3 is 18.9 Å². The molecule has 1 aliphatic carbocycles. The van der Waals surface area contributed by atoms with Crippen LogP contribution in [-0.2, 0) is 0 Å². The van der Waals surface area contributed by atoms with Crippen LogP contribution in [0.25, 0.3) is 11.3 Å². The van der Waals surface area contributed by atoms with Crippen molar-refractivity contribution in [1.29, 1.82) is 0 Å². The highest BCUT2D eigenvalue weighted by atomic mass is 32.1. The van der Waals surface area contributed by atoms with Crippen molar-refractivity contribution >= 4 is 22.7 Å². The monoisotopic (exact) mass is 481 g/mol. The first-order valence-corrected chi connectivity index (χ1v) is 12.3. The third-order valence-electron chi connectivity index (χ3n) is 5.87. The van der Waals surface area contributed by atoms with Crippen LogP contribution < -0.4 is 23.7 Å². The van der Waals surface area contributed by atoms with Crippen molar-refractivity contribution in [2.75, 3.05) is 28.4 Å². The zero-order chi connectivity index (χ0) is 23.9. The van der Waals surface area contributed by atoms with Gasteiger partial charge in [-0.25, -0.2) is 9.67 Å². The lowest BCUT2D eigenvalue weighted by Gasteiger charge is -2.14. The molecule has 2 aromatic carbocycles. The number of rotatable bonds is 7. The average Bonchev–Trinajstić information content (AvgIpc) is 3.08. The van der Waals surface area contributed by atoms with Gasteiger partial charge in [0.15, 0.2) is 11.5 Å². The van der Waals surface area contributed by atoms with E-state index < -0.39 is 0 Å². The molecular weight excluding hydrogens is 450 g/mol. The van der Waals surface area contributed by atoms with Crippen LogP contribution in [0, 0.1) is 0 Å². The van der Waals surface area contributed by atoms with Gasteiger partial charge in [-0.3, -0.25) is 0 Å². The van der Waals surface area contributed by atoms with E-state index in [9.17, 15) is 0 Å². The van der Waals surface area contributed by atoms with Crippen LogP contribution in [0.5, 0.6) is 23.0 Å². The number of nitrogens with zero attached hydrogens (tertiary/aromatic N) is 3. The quantitative estimate of drug-likeness (QED) is 0.386. The summed E-state index contributed by atoms with van der Waals surface area (Å²) in [4.78, 5) is 5.70. The number of thiazole rings is 1. The van der Waals surface area contributed by atoms with Gasteiger partial charge in [0.05, 0.1) is 39.8 Å². The van der Waals surface area contributed by atoms with E-state index in [2.05, 4.69) is 5.38 Å². The highest BCUT2D eigenvalue weighted by Crippen LogP contribution is 2.41. The first-order valence-electron chi connectivity index (χ1n) is 11.4. The van der Waals surface area contributed by atoms with E-state index in [1.807, 2.05) is 41.1 Å². The predicted molar refractivity (Wildman–Crippen MR) is 136 cm³/mol. The number of benzene rings is 2. The fraction of sp³-hybridized carbons (Fsp3) is 0.385. The summed E-state index contributed by atoms with van der Waals surface area (Å²) in [5.74, 6) is 2.57. The Kier molecular flexibility index (Phi) is 7.90. The van der Waals surface area contributed by atoms with Gasteiger partial charge in [-0.05, 0) is 62.1 Å². The summed E-state index contributed by atoms with van der Waals surface area (Å²) in [5.41, 5.74) is 3.89. The zero-order valence-corrected chi connectivity index (χ0v) is 21.0. The van der Waals surface area contributed by atoms with E-state index in [1.165, 1.54) is 31.4 Å². The molecule has 8 heteroatoms. The third-order valence-corrected chi connectivity index (χ3v) is 6.68. The van der Waals surface area contributed by atoms with Gasteiger partial charge in [0.25, 0.3) is 0 Å². The fourth-order valence-corrected chi connectivity index (χ4v) is 4.90. The molecule has 1 aliphatic rings. The second kappa shape index (κ2) is 11.2. The zero-order valence-electron chi connectivity index (χ0n) is 20.2. The minimum absolute atomic E-state index is 0.564. The lowest BCUT2D eigenvalue weighted by Crippen LogP contribution is -2.14. The third kappa shape index (κ3) is 5.28. The first kappa shape index (κ1) is 23.9.